The molecule has 1 N–H and O–H groups in total. The van der Waals surface area contributed by atoms with Crippen LogP contribution < -0.4 is 5.32 Å². The molecule has 0 atom stereocenters. The molecule has 116 valence electrons. The van der Waals surface area contributed by atoms with Gasteiger partial charge in [-0.15, -0.1) is 0 Å². The standard InChI is InChI=1S/C14H25NO5/c1-13(2,3)20-12(17)15-14(4,5)11(16)19-10-6-8-18-9-7-10/h10H,6-9H2,1-5H3,(H,15,17). The van der Waals surface area contributed by atoms with Crippen LogP contribution in [0.5, 0.6) is 0 Å². The highest BCUT2D eigenvalue weighted by molar-refractivity contribution is 5.85. The van der Waals surface area contributed by atoms with Gasteiger partial charge >= 0.3 is 12.1 Å². The molecule has 1 aliphatic heterocycles. The molecule has 1 aliphatic rings. The van der Waals surface area contributed by atoms with Crippen LogP contribution in [-0.4, -0.2) is 42.5 Å². The molecule has 1 rings (SSSR count). The van der Waals surface area contributed by atoms with E-state index in [0.717, 1.165) is 0 Å². The Bertz CT molecular complexity index is 353. The van der Waals surface area contributed by atoms with Crippen molar-refractivity contribution in [2.75, 3.05) is 13.2 Å². The summed E-state index contributed by atoms with van der Waals surface area (Å²) in [5, 5.41) is 2.54. The number of nitrogens with one attached hydrogen (secondary N) is 1. The van der Waals surface area contributed by atoms with Crippen molar-refractivity contribution < 1.29 is 23.8 Å². The van der Waals surface area contributed by atoms with Crippen LogP contribution in [0.2, 0.25) is 0 Å². The van der Waals surface area contributed by atoms with E-state index in [0.29, 0.717) is 26.1 Å². The summed E-state index contributed by atoms with van der Waals surface area (Å²) in [4.78, 5) is 23.8. The molecule has 1 fully saturated rings. The van der Waals surface area contributed by atoms with Gasteiger partial charge in [-0.2, -0.15) is 0 Å². The van der Waals surface area contributed by atoms with E-state index in [1.807, 2.05) is 0 Å². The maximum atomic E-state index is 12.1. The lowest BCUT2D eigenvalue weighted by molar-refractivity contribution is -0.159. The summed E-state index contributed by atoms with van der Waals surface area (Å²) in [6, 6.07) is 0. The van der Waals surface area contributed by atoms with Gasteiger partial charge in [0.05, 0.1) is 13.2 Å². The Balaban J connectivity index is 2.49. The second-order valence-electron chi connectivity index (χ2n) is 6.47. The molecule has 6 heteroatoms. The Morgan fingerprint density at radius 2 is 1.65 bits per heavy atom. The summed E-state index contributed by atoms with van der Waals surface area (Å²) < 4.78 is 15.7. The Kier molecular flexibility index (Phi) is 5.39. The smallest absolute Gasteiger partial charge is 0.408 e. The molecule has 0 unspecified atom stereocenters. The zero-order valence-corrected chi connectivity index (χ0v) is 12.9. The van der Waals surface area contributed by atoms with Gasteiger partial charge in [0.2, 0.25) is 0 Å². The minimum Gasteiger partial charge on any atom is -0.460 e. The second kappa shape index (κ2) is 6.43. The van der Waals surface area contributed by atoms with E-state index >= 15 is 0 Å². The summed E-state index contributed by atoms with van der Waals surface area (Å²) in [6.45, 7) is 9.67. The molecule has 0 spiro atoms. The number of esters is 1. The van der Waals surface area contributed by atoms with Crippen LogP contribution in [0.15, 0.2) is 0 Å². The number of rotatable bonds is 3. The first-order valence-electron chi connectivity index (χ1n) is 6.90. The Hall–Kier alpha value is -1.30. The van der Waals surface area contributed by atoms with Gasteiger partial charge in [0, 0.05) is 12.8 Å². The van der Waals surface area contributed by atoms with Crippen LogP contribution in [0.4, 0.5) is 4.79 Å². The van der Waals surface area contributed by atoms with Gasteiger partial charge in [0.1, 0.15) is 17.2 Å². The average molecular weight is 287 g/mol. The third-order valence-corrected chi connectivity index (χ3v) is 2.77. The molecule has 1 heterocycles. The highest BCUT2D eigenvalue weighted by Crippen LogP contribution is 2.16. The zero-order valence-electron chi connectivity index (χ0n) is 12.9. The maximum Gasteiger partial charge on any atom is 0.408 e. The van der Waals surface area contributed by atoms with Gasteiger partial charge in [-0.25, -0.2) is 9.59 Å². The minimum atomic E-state index is -1.12. The maximum absolute atomic E-state index is 12.1. The molecule has 0 aromatic heterocycles. The number of hydrogen-bond donors (Lipinski definition) is 1. The molecule has 0 bridgehead atoms. The van der Waals surface area contributed by atoms with Crippen LogP contribution in [0, 0.1) is 0 Å². The van der Waals surface area contributed by atoms with Gasteiger partial charge < -0.3 is 19.5 Å². The molecular weight excluding hydrogens is 262 g/mol. The van der Waals surface area contributed by atoms with Crippen LogP contribution in [-0.2, 0) is 19.0 Å². The number of ether oxygens (including phenoxy) is 3. The Morgan fingerprint density at radius 3 is 2.15 bits per heavy atom. The fraction of sp³-hybridized carbons (Fsp3) is 0.857. The third-order valence-electron chi connectivity index (χ3n) is 2.77. The average Bonchev–Trinajstić information content (AvgIpc) is 2.26. The van der Waals surface area contributed by atoms with Crippen molar-refractivity contribution in [2.24, 2.45) is 0 Å². The fourth-order valence-electron chi connectivity index (χ4n) is 1.70. The number of carbonyl (C=O) groups is 2. The van der Waals surface area contributed by atoms with E-state index in [1.165, 1.54) is 0 Å². The molecule has 1 saturated heterocycles. The van der Waals surface area contributed by atoms with Crippen LogP contribution in [0.25, 0.3) is 0 Å². The van der Waals surface area contributed by atoms with Crippen LogP contribution in [0.3, 0.4) is 0 Å². The minimum absolute atomic E-state index is 0.143. The van der Waals surface area contributed by atoms with Crippen LogP contribution >= 0.6 is 0 Å². The number of carbonyl (C=O) groups excluding carboxylic acids is 2. The first-order valence-corrected chi connectivity index (χ1v) is 6.90. The van der Waals surface area contributed by atoms with Crippen molar-refractivity contribution in [2.45, 2.75) is 64.7 Å². The molecule has 6 nitrogen and oxygen atoms in total. The monoisotopic (exact) mass is 287 g/mol. The SMILES string of the molecule is CC(C)(C)OC(=O)NC(C)(C)C(=O)OC1CCOCC1. The van der Waals surface area contributed by atoms with Gasteiger partial charge in [0.25, 0.3) is 0 Å². The summed E-state index contributed by atoms with van der Waals surface area (Å²) in [7, 11) is 0. The second-order valence-corrected chi connectivity index (χ2v) is 6.47. The van der Waals surface area contributed by atoms with Crippen molar-refractivity contribution in [3.8, 4) is 0 Å². The van der Waals surface area contributed by atoms with E-state index < -0.39 is 23.2 Å². The van der Waals surface area contributed by atoms with E-state index in [2.05, 4.69) is 5.32 Å². The lowest BCUT2D eigenvalue weighted by Gasteiger charge is -2.30. The third kappa shape index (κ3) is 5.77. The molecule has 0 aliphatic carbocycles. The predicted molar refractivity (Wildman–Crippen MR) is 73.4 cm³/mol. The molecular formula is C14H25NO5. The first-order chi connectivity index (χ1) is 9.10. The van der Waals surface area contributed by atoms with Gasteiger partial charge in [-0.3, -0.25) is 0 Å². The van der Waals surface area contributed by atoms with Crippen molar-refractivity contribution in [1.82, 2.24) is 5.32 Å². The quantitative estimate of drug-likeness (QED) is 0.804. The highest BCUT2D eigenvalue weighted by atomic mass is 16.6. The molecule has 0 saturated carbocycles. The van der Waals surface area contributed by atoms with E-state index in [-0.39, 0.29) is 6.10 Å². The Labute approximate surface area is 120 Å². The predicted octanol–water partition coefficient (Wildman–Crippen LogP) is 2.01. The highest BCUT2D eigenvalue weighted by Gasteiger charge is 2.35. The number of hydrogen-bond acceptors (Lipinski definition) is 5. The normalized spacial score (nSPS) is 17.4. The lowest BCUT2D eigenvalue weighted by atomic mass is 10.1. The van der Waals surface area contributed by atoms with Crippen LogP contribution in [0.1, 0.15) is 47.5 Å². The summed E-state index contributed by atoms with van der Waals surface area (Å²) >= 11 is 0. The van der Waals surface area contributed by atoms with Gasteiger partial charge in [-0.05, 0) is 34.6 Å². The lowest BCUT2D eigenvalue weighted by Crippen LogP contribution is -2.52. The Morgan fingerprint density at radius 1 is 1.10 bits per heavy atom. The zero-order chi connectivity index (χ0) is 15.4. The molecule has 0 aromatic rings. The largest absolute Gasteiger partial charge is 0.460 e. The molecule has 20 heavy (non-hydrogen) atoms. The van der Waals surface area contributed by atoms with Gasteiger partial charge in [-0.1, -0.05) is 0 Å². The van der Waals surface area contributed by atoms with Crippen molar-refractivity contribution in [3.63, 3.8) is 0 Å². The molecule has 0 aromatic carbocycles. The topological polar surface area (TPSA) is 73.9 Å². The fourth-order valence-corrected chi connectivity index (χ4v) is 1.70. The first kappa shape index (κ1) is 16.8. The van der Waals surface area contributed by atoms with Gasteiger partial charge in [0.15, 0.2) is 0 Å². The molecule has 0 radical (unpaired) electrons. The van der Waals surface area contributed by atoms with Crippen molar-refractivity contribution in [3.05, 3.63) is 0 Å². The van der Waals surface area contributed by atoms with Crippen molar-refractivity contribution >= 4 is 12.1 Å². The number of alkyl carbamates (subject to hydrolysis) is 1. The van der Waals surface area contributed by atoms with E-state index in [1.54, 1.807) is 34.6 Å². The van der Waals surface area contributed by atoms with Crippen molar-refractivity contribution in [1.29, 1.82) is 0 Å². The van der Waals surface area contributed by atoms with E-state index in [4.69, 9.17) is 14.2 Å². The summed E-state index contributed by atoms with van der Waals surface area (Å²) in [5.74, 6) is -0.463. The number of amides is 1. The molecule has 1 amide bonds. The summed E-state index contributed by atoms with van der Waals surface area (Å²) in [6.07, 6.45) is 0.602. The van der Waals surface area contributed by atoms with E-state index in [9.17, 15) is 9.59 Å². The summed E-state index contributed by atoms with van der Waals surface area (Å²) in [5.41, 5.74) is -1.73.